The van der Waals surface area contributed by atoms with Gasteiger partial charge >= 0.3 is 0 Å². The van der Waals surface area contributed by atoms with E-state index in [0.29, 0.717) is 22.7 Å². The minimum Gasteiger partial charge on any atom is -0.495 e. The molecule has 0 aliphatic carbocycles. The van der Waals surface area contributed by atoms with Crippen LogP contribution in [0.2, 0.25) is 0 Å². The molecule has 2 N–H and O–H groups in total. The van der Waals surface area contributed by atoms with Gasteiger partial charge in [0.15, 0.2) is 6.61 Å². The van der Waals surface area contributed by atoms with Crippen LogP contribution in [0, 0.1) is 10.1 Å². The number of nitro groups is 1. The van der Waals surface area contributed by atoms with Crippen LogP contribution < -0.4 is 20.2 Å². The van der Waals surface area contributed by atoms with E-state index in [-0.39, 0.29) is 23.8 Å². The maximum Gasteiger partial charge on any atom is 0.271 e. The second kappa shape index (κ2) is 11.0. The second-order valence-corrected chi connectivity index (χ2v) is 6.61. The fourth-order valence-electron chi connectivity index (χ4n) is 2.73. The smallest absolute Gasteiger partial charge is 0.271 e. The Morgan fingerprint density at radius 2 is 1.82 bits per heavy atom. The predicted molar refractivity (Wildman–Crippen MR) is 122 cm³/mol. The molecule has 0 aromatic heterocycles. The molecule has 10 nitrogen and oxygen atoms in total. The summed E-state index contributed by atoms with van der Waals surface area (Å²) in [6, 6.07) is 19.0. The summed E-state index contributed by atoms with van der Waals surface area (Å²) in [4.78, 5) is 34.4. The number of methoxy groups -OCH3 is 1. The lowest BCUT2D eigenvalue weighted by atomic mass is 10.2. The molecule has 2 amide bonds. The van der Waals surface area contributed by atoms with Crippen molar-refractivity contribution < 1.29 is 24.0 Å². The Kier molecular flexibility index (Phi) is 7.68. The molecule has 0 fully saturated rings. The molecule has 3 aromatic carbocycles. The molecule has 0 saturated heterocycles. The first-order chi connectivity index (χ1) is 16.0. The summed E-state index contributed by atoms with van der Waals surface area (Å²) in [5.41, 5.74) is 3.64. The number of carbonyl (C=O) groups is 2. The van der Waals surface area contributed by atoms with Crippen molar-refractivity contribution in [2.75, 3.05) is 19.0 Å². The van der Waals surface area contributed by atoms with Crippen molar-refractivity contribution in [2.24, 2.45) is 5.10 Å². The van der Waals surface area contributed by atoms with Crippen LogP contribution in [0.3, 0.4) is 0 Å². The van der Waals surface area contributed by atoms with E-state index in [2.05, 4.69) is 15.8 Å². The highest BCUT2D eigenvalue weighted by atomic mass is 16.6. The number of amides is 2. The van der Waals surface area contributed by atoms with Gasteiger partial charge in [-0.15, -0.1) is 0 Å². The maximum atomic E-state index is 12.2. The van der Waals surface area contributed by atoms with Gasteiger partial charge in [0, 0.05) is 17.7 Å². The second-order valence-electron chi connectivity index (χ2n) is 6.61. The molecule has 0 atom stereocenters. The Labute approximate surface area is 189 Å². The number of nitrogens with one attached hydrogen (secondary N) is 2. The minimum atomic E-state index is -0.545. The van der Waals surface area contributed by atoms with E-state index < -0.39 is 10.8 Å². The quantitative estimate of drug-likeness (QED) is 0.293. The molecule has 0 aliphatic heterocycles. The van der Waals surface area contributed by atoms with Crippen LogP contribution >= 0.6 is 0 Å². The molecule has 0 aliphatic rings. The van der Waals surface area contributed by atoms with E-state index in [4.69, 9.17) is 9.47 Å². The SMILES string of the molecule is COc1ccccc1NC(=O)COc1cccc(/C=N/NC(=O)c2ccc([N+](=O)[O-])cc2)c1. The number of anilines is 1. The lowest BCUT2D eigenvalue weighted by Crippen LogP contribution is -2.20. The monoisotopic (exact) mass is 448 g/mol. The molecule has 0 heterocycles. The Bertz CT molecular complexity index is 1180. The fraction of sp³-hybridized carbons (Fsp3) is 0.0870. The molecule has 0 bridgehead atoms. The number of hydrazone groups is 1. The number of hydrogen-bond acceptors (Lipinski definition) is 7. The summed E-state index contributed by atoms with van der Waals surface area (Å²) in [7, 11) is 1.52. The summed E-state index contributed by atoms with van der Waals surface area (Å²) in [6.45, 7) is -0.213. The van der Waals surface area contributed by atoms with Crippen molar-refractivity contribution >= 4 is 29.4 Å². The normalized spacial score (nSPS) is 10.5. The summed E-state index contributed by atoms with van der Waals surface area (Å²) in [5, 5.41) is 17.3. The molecule has 0 radical (unpaired) electrons. The lowest BCUT2D eigenvalue weighted by molar-refractivity contribution is -0.384. The third-order valence-electron chi connectivity index (χ3n) is 4.33. The molecule has 0 saturated carbocycles. The van der Waals surface area contributed by atoms with E-state index in [1.54, 1.807) is 48.5 Å². The highest BCUT2D eigenvalue weighted by Crippen LogP contribution is 2.23. The van der Waals surface area contributed by atoms with E-state index in [1.807, 2.05) is 0 Å². The Hall–Kier alpha value is -4.73. The fourth-order valence-corrected chi connectivity index (χ4v) is 2.73. The van der Waals surface area contributed by atoms with Gasteiger partial charge in [-0.2, -0.15) is 5.10 Å². The zero-order chi connectivity index (χ0) is 23.6. The Morgan fingerprint density at radius 1 is 1.06 bits per heavy atom. The molecule has 33 heavy (non-hydrogen) atoms. The molecule has 10 heteroatoms. The van der Waals surface area contributed by atoms with Gasteiger partial charge in [-0.05, 0) is 42.0 Å². The molecule has 0 spiro atoms. The van der Waals surface area contributed by atoms with Crippen LogP contribution in [0.5, 0.6) is 11.5 Å². The van der Waals surface area contributed by atoms with Crippen LogP contribution in [0.25, 0.3) is 0 Å². The number of carbonyl (C=O) groups excluding carboxylic acids is 2. The minimum absolute atomic E-state index is 0.108. The van der Waals surface area contributed by atoms with E-state index >= 15 is 0 Å². The van der Waals surface area contributed by atoms with Crippen molar-refractivity contribution in [1.82, 2.24) is 5.43 Å². The zero-order valence-corrected chi connectivity index (χ0v) is 17.6. The number of nitrogens with zero attached hydrogens (tertiary/aromatic N) is 2. The number of hydrogen-bond donors (Lipinski definition) is 2. The van der Waals surface area contributed by atoms with Gasteiger partial charge in [0.2, 0.25) is 0 Å². The average Bonchev–Trinajstić information content (AvgIpc) is 2.83. The highest BCUT2D eigenvalue weighted by Gasteiger charge is 2.09. The molecule has 168 valence electrons. The highest BCUT2D eigenvalue weighted by molar-refractivity contribution is 5.95. The maximum absolute atomic E-state index is 12.2. The van der Waals surface area contributed by atoms with Crippen molar-refractivity contribution in [3.8, 4) is 11.5 Å². The number of nitro benzene ring substituents is 1. The van der Waals surface area contributed by atoms with Crippen LogP contribution in [0.1, 0.15) is 15.9 Å². The third kappa shape index (κ3) is 6.62. The first-order valence-corrected chi connectivity index (χ1v) is 9.70. The third-order valence-corrected chi connectivity index (χ3v) is 4.33. The van der Waals surface area contributed by atoms with Crippen molar-refractivity contribution in [1.29, 1.82) is 0 Å². The van der Waals surface area contributed by atoms with Crippen molar-refractivity contribution in [3.63, 3.8) is 0 Å². The first-order valence-electron chi connectivity index (χ1n) is 9.70. The number of benzene rings is 3. The summed E-state index contributed by atoms with van der Waals surface area (Å²) >= 11 is 0. The molecular weight excluding hydrogens is 428 g/mol. The number of non-ortho nitro benzene ring substituents is 1. The van der Waals surface area contributed by atoms with Gasteiger partial charge < -0.3 is 14.8 Å². The van der Waals surface area contributed by atoms with E-state index in [0.717, 1.165) is 0 Å². The van der Waals surface area contributed by atoms with Crippen LogP contribution in [0.4, 0.5) is 11.4 Å². The molecule has 0 unspecified atom stereocenters. The predicted octanol–water partition coefficient (Wildman–Crippen LogP) is 3.38. The number of rotatable bonds is 9. The van der Waals surface area contributed by atoms with Gasteiger partial charge in [-0.1, -0.05) is 24.3 Å². The van der Waals surface area contributed by atoms with Gasteiger partial charge in [-0.3, -0.25) is 19.7 Å². The van der Waals surface area contributed by atoms with Crippen LogP contribution in [0.15, 0.2) is 77.9 Å². The van der Waals surface area contributed by atoms with E-state index in [9.17, 15) is 19.7 Å². The van der Waals surface area contributed by atoms with Gasteiger partial charge in [0.05, 0.1) is 23.9 Å². The number of para-hydroxylation sites is 2. The van der Waals surface area contributed by atoms with Crippen LogP contribution in [-0.4, -0.2) is 36.7 Å². The van der Waals surface area contributed by atoms with Crippen molar-refractivity contribution in [2.45, 2.75) is 0 Å². The molecular formula is C23H20N4O6. The standard InChI is InChI=1S/C23H20N4O6/c1-32-21-8-3-2-7-20(21)25-22(28)15-33-19-6-4-5-16(13-19)14-24-26-23(29)17-9-11-18(12-10-17)27(30)31/h2-14H,15H2,1H3,(H,25,28)(H,26,29)/b24-14+. The van der Waals surface area contributed by atoms with E-state index in [1.165, 1.54) is 37.6 Å². The summed E-state index contributed by atoms with van der Waals surface area (Å²) in [5.74, 6) is 0.117. The topological polar surface area (TPSA) is 132 Å². The van der Waals surface area contributed by atoms with Gasteiger partial charge in [-0.25, -0.2) is 5.43 Å². The van der Waals surface area contributed by atoms with Crippen molar-refractivity contribution in [3.05, 3.63) is 94.0 Å². The summed E-state index contributed by atoms with van der Waals surface area (Å²) < 4.78 is 10.7. The Morgan fingerprint density at radius 3 is 2.55 bits per heavy atom. The summed E-state index contributed by atoms with van der Waals surface area (Å²) in [6.07, 6.45) is 1.41. The average molecular weight is 448 g/mol. The number of ether oxygens (including phenoxy) is 2. The molecule has 3 aromatic rings. The Balaban J connectivity index is 1.52. The lowest BCUT2D eigenvalue weighted by Gasteiger charge is -2.10. The van der Waals surface area contributed by atoms with Gasteiger partial charge in [0.1, 0.15) is 11.5 Å². The largest absolute Gasteiger partial charge is 0.495 e. The molecule has 3 rings (SSSR count). The zero-order valence-electron chi connectivity index (χ0n) is 17.6. The van der Waals surface area contributed by atoms with Crippen LogP contribution in [-0.2, 0) is 4.79 Å². The first kappa shape index (κ1) is 22.9. The van der Waals surface area contributed by atoms with Gasteiger partial charge in [0.25, 0.3) is 17.5 Å².